The minimum Gasteiger partial charge on any atom is -0.505 e. The molecule has 0 amide bonds. The van der Waals surface area contributed by atoms with Gasteiger partial charge in [-0.05, 0) is 47.9 Å². The van der Waals surface area contributed by atoms with E-state index in [1.807, 2.05) is 0 Å². The molecule has 0 fully saturated rings. The van der Waals surface area contributed by atoms with Crippen molar-refractivity contribution >= 4 is 49.9 Å². The van der Waals surface area contributed by atoms with E-state index in [1.54, 1.807) is 0 Å². The number of carboxylic acids is 2. The second-order valence-electron chi connectivity index (χ2n) is 6.07. The molecular formula is C18H13N3O8S. The van der Waals surface area contributed by atoms with Crippen LogP contribution in [-0.4, -0.2) is 40.2 Å². The Morgan fingerprint density at radius 1 is 0.933 bits per heavy atom. The van der Waals surface area contributed by atoms with Crippen LogP contribution in [0.5, 0.6) is 5.75 Å². The lowest BCUT2D eigenvalue weighted by Gasteiger charge is -2.09. The van der Waals surface area contributed by atoms with Crippen molar-refractivity contribution in [1.29, 1.82) is 0 Å². The molecule has 0 radical (unpaired) electrons. The Hall–Kier alpha value is -4.03. The van der Waals surface area contributed by atoms with Crippen LogP contribution in [0.1, 0.15) is 20.7 Å². The quantitative estimate of drug-likeness (QED) is 0.228. The second kappa shape index (κ2) is 7.42. The Labute approximate surface area is 168 Å². The zero-order valence-corrected chi connectivity index (χ0v) is 15.7. The van der Waals surface area contributed by atoms with Gasteiger partial charge in [0.15, 0.2) is 5.75 Å². The summed E-state index contributed by atoms with van der Waals surface area (Å²) in [6.07, 6.45) is 0. The third kappa shape index (κ3) is 3.90. The van der Waals surface area contributed by atoms with Gasteiger partial charge in [-0.25, -0.2) is 9.59 Å². The first-order chi connectivity index (χ1) is 14.0. The molecule has 154 valence electrons. The van der Waals surface area contributed by atoms with Crippen molar-refractivity contribution in [3.63, 3.8) is 0 Å². The summed E-state index contributed by atoms with van der Waals surface area (Å²) in [5, 5.41) is 36.4. The van der Waals surface area contributed by atoms with Gasteiger partial charge in [-0.3, -0.25) is 4.55 Å². The van der Waals surface area contributed by atoms with Crippen molar-refractivity contribution in [2.45, 2.75) is 4.90 Å². The van der Waals surface area contributed by atoms with Crippen molar-refractivity contribution in [2.75, 3.05) is 5.73 Å². The summed E-state index contributed by atoms with van der Waals surface area (Å²) in [7, 11) is -4.88. The fourth-order valence-electron chi connectivity index (χ4n) is 2.70. The average molecular weight is 431 g/mol. The van der Waals surface area contributed by atoms with Crippen LogP contribution in [0, 0.1) is 0 Å². The molecule has 12 heteroatoms. The number of aromatic carboxylic acids is 2. The molecule has 0 atom stereocenters. The van der Waals surface area contributed by atoms with Crippen LogP contribution < -0.4 is 5.73 Å². The van der Waals surface area contributed by atoms with Crippen molar-refractivity contribution in [3.8, 4) is 5.75 Å². The molecule has 0 bridgehead atoms. The van der Waals surface area contributed by atoms with Gasteiger partial charge in [0.25, 0.3) is 10.1 Å². The Morgan fingerprint density at radius 3 is 2.23 bits per heavy atom. The summed E-state index contributed by atoms with van der Waals surface area (Å²) in [5.41, 5.74) is 4.16. The smallest absolute Gasteiger partial charge is 0.337 e. The van der Waals surface area contributed by atoms with Crippen molar-refractivity contribution in [3.05, 3.63) is 53.6 Å². The largest absolute Gasteiger partial charge is 0.505 e. The first-order valence-corrected chi connectivity index (χ1v) is 9.48. The van der Waals surface area contributed by atoms with E-state index < -0.39 is 49.6 Å². The third-order valence-electron chi connectivity index (χ3n) is 4.09. The predicted molar refractivity (Wildman–Crippen MR) is 104 cm³/mol. The normalized spacial score (nSPS) is 11.8. The first-order valence-electron chi connectivity index (χ1n) is 8.04. The molecule has 30 heavy (non-hydrogen) atoms. The highest BCUT2D eigenvalue weighted by Gasteiger charge is 2.22. The van der Waals surface area contributed by atoms with Crippen LogP contribution >= 0.6 is 0 Å². The van der Waals surface area contributed by atoms with Crippen LogP contribution in [0.2, 0.25) is 0 Å². The highest BCUT2D eigenvalue weighted by Crippen LogP contribution is 2.42. The predicted octanol–water partition coefficient (Wildman–Crippen LogP) is 3.19. The van der Waals surface area contributed by atoms with E-state index in [4.69, 9.17) is 10.8 Å². The molecule has 0 aliphatic heterocycles. The number of nitrogens with two attached hydrogens (primary N) is 1. The van der Waals surface area contributed by atoms with E-state index >= 15 is 0 Å². The molecule has 0 spiro atoms. The fraction of sp³-hybridized carbons (Fsp3) is 0. The molecule has 3 aromatic rings. The molecule has 0 saturated carbocycles. The molecular weight excluding hydrogens is 418 g/mol. The summed E-state index contributed by atoms with van der Waals surface area (Å²) in [6, 6.07) is 8.17. The van der Waals surface area contributed by atoms with E-state index in [0.717, 1.165) is 24.3 Å². The SMILES string of the molecule is Nc1ccc2c(O)c(N=Nc3cc(C(=O)O)ccc3C(=O)O)c(S(=O)(=O)O)cc2c1. The van der Waals surface area contributed by atoms with Gasteiger partial charge in [0, 0.05) is 11.1 Å². The van der Waals surface area contributed by atoms with E-state index in [0.29, 0.717) is 0 Å². The lowest BCUT2D eigenvalue weighted by molar-refractivity contribution is 0.0682. The molecule has 11 nitrogen and oxygen atoms in total. The Kier molecular flexibility index (Phi) is 5.12. The van der Waals surface area contributed by atoms with Crippen molar-refractivity contribution in [1.82, 2.24) is 0 Å². The molecule has 0 aliphatic carbocycles. The molecule has 0 heterocycles. The number of azo groups is 1. The van der Waals surface area contributed by atoms with Crippen molar-refractivity contribution < 1.29 is 37.9 Å². The zero-order chi connectivity index (χ0) is 22.2. The maximum atomic E-state index is 11.8. The summed E-state index contributed by atoms with van der Waals surface area (Å²) in [5.74, 6) is -3.45. The number of aromatic hydroxyl groups is 1. The highest BCUT2D eigenvalue weighted by atomic mass is 32.2. The minimum absolute atomic E-state index is 0.142. The van der Waals surface area contributed by atoms with Crippen LogP contribution in [-0.2, 0) is 10.1 Å². The summed E-state index contributed by atoms with van der Waals surface area (Å²) in [4.78, 5) is 21.7. The van der Waals surface area contributed by atoms with E-state index in [2.05, 4.69) is 10.2 Å². The van der Waals surface area contributed by atoms with Gasteiger partial charge in [0.2, 0.25) is 0 Å². The number of fused-ring (bicyclic) bond motifs is 1. The lowest BCUT2D eigenvalue weighted by Crippen LogP contribution is -2.01. The fourth-order valence-corrected chi connectivity index (χ4v) is 3.35. The number of phenolic OH excluding ortho intramolecular Hbond substituents is 1. The first kappa shape index (κ1) is 20.7. The standard InChI is InChI=1S/C18H13N3O8S/c19-10-2-4-11-9(5-10)7-14(30(27,28)29)15(16(11)22)21-20-13-6-8(17(23)24)1-3-12(13)18(25)26/h1-7,22H,19H2,(H,23,24)(H,25,26)(H,27,28,29). The zero-order valence-electron chi connectivity index (χ0n) is 14.8. The van der Waals surface area contributed by atoms with E-state index in [1.165, 1.54) is 18.2 Å². The van der Waals surface area contributed by atoms with E-state index in [-0.39, 0.29) is 22.0 Å². The summed E-state index contributed by atoms with van der Waals surface area (Å²) >= 11 is 0. The summed E-state index contributed by atoms with van der Waals surface area (Å²) in [6.45, 7) is 0. The molecule has 0 saturated heterocycles. The number of nitrogen functional groups attached to an aromatic ring is 1. The third-order valence-corrected chi connectivity index (χ3v) is 4.95. The van der Waals surface area contributed by atoms with E-state index in [9.17, 15) is 32.8 Å². The maximum Gasteiger partial charge on any atom is 0.337 e. The van der Waals surface area contributed by atoms with Gasteiger partial charge in [-0.1, -0.05) is 0 Å². The molecule has 3 rings (SSSR count). The van der Waals surface area contributed by atoms with Gasteiger partial charge < -0.3 is 21.1 Å². The minimum atomic E-state index is -4.88. The Morgan fingerprint density at radius 2 is 1.63 bits per heavy atom. The number of nitrogens with zero attached hydrogens (tertiary/aromatic N) is 2. The van der Waals surface area contributed by atoms with Gasteiger partial charge in [-0.15, -0.1) is 10.2 Å². The lowest BCUT2D eigenvalue weighted by atomic mass is 10.1. The molecule has 0 aromatic heterocycles. The number of phenols is 1. The number of carbonyl (C=O) groups is 2. The number of hydrogen-bond acceptors (Lipinski definition) is 8. The molecule has 6 N–H and O–H groups in total. The number of rotatable bonds is 5. The van der Waals surface area contributed by atoms with Gasteiger partial charge in [-0.2, -0.15) is 8.42 Å². The van der Waals surface area contributed by atoms with Crippen LogP contribution in [0.4, 0.5) is 17.1 Å². The highest BCUT2D eigenvalue weighted by molar-refractivity contribution is 7.86. The van der Waals surface area contributed by atoms with Gasteiger partial charge in [0.05, 0.1) is 11.1 Å². The topological polar surface area (TPSA) is 200 Å². The Bertz CT molecular complexity index is 1350. The molecule has 3 aromatic carbocycles. The van der Waals surface area contributed by atoms with Gasteiger partial charge >= 0.3 is 11.9 Å². The van der Waals surface area contributed by atoms with Crippen LogP contribution in [0.3, 0.4) is 0 Å². The second-order valence-corrected chi connectivity index (χ2v) is 7.46. The maximum absolute atomic E-state index is 11.8. The Balaban J connectivity index is 2.28. The van der Waals surface area contributed by atoms with Crippen LogP contribution in [0.25, 0.3) is 10.8 Å². The monoisotopic (exact) mass is 431 g/mol. The van der Waals surface area contributed by atoms with Gasteiger partial charge in [0.1, 0.15) is 16.3 Å². The number of carboxylic acid groups (broad SMARTS) is 2. The van der Waals surface area contributed by atoms with Crippen molar-refractivity contribution in [2.24, 2.45) is 10.2 Å². The average Bonchev–Trinajstić information content (AvgIpc) is 2.65. The van der Waals surface area contributed by atoms with Crippen LogP contribution in [0.15, 0.2) is 57.6 Å². The summed E-state index contributed by atoms with van der Waals surface area (Å²) < 4.78 is 33.1. The molecule has 0 aliphatic rings. The molecule has 0 unspecified atom stereocenters. The number of hydrogen-bond donors (Lipinski definition) is 5. The number of anilines is 1. The number of benzene rings is 3.